The van der Waals surface area contributed by atoms with Crippen molar-refractivity contribution in [3.05, 3.63) is 107 Å². The Labute approximate surface area is 197 Å². The van der Waals surface area contributed by atoms with Gasteiger partial charge in [0.1, 0.15) is 6.61 Å². The normalized spacial score (nSPS) is 12.6. The summed E-state index contributed by atoms with van der Waals surface area (Å²) in [6.07, 6.45) is 6.15. The van der Waals surface area contributed by atoms with Gasteiger partial charge >= 0.3 is 6.09 Å². The van der Waals surface area contributed by atoms with Gasteiger partial charge in [0.05, 0.1) is 5.52 Å². The number of amides is 1. The molecule has 0 spiro atoms. The highest BCUT2D eigenvalue weighted by molar-refractivity contribution is 6.31. The summed E-state index contributed by atoms with van der Waals surface area (Å²) in [6.45, 7) is 0.823. The average Bonchev–Trinajstić information content (AvgIpc) is 3.16. The van der Waals surface area contributed by atoms with Crippen LogP contribution in [0.25, 0.3) is 28.1 Å². The molecule has 1 heterocycles. The fourth-order valence-electron chi connectivity index (χ4n) is 4.41. The second-order valence-corrected chi connectivity index (χ2v) is 8.44. The van der Waals surface area contributed by atoms with Crippen molar-refractivity contribution in [2.24, 2.45) is 0 Å². The fraction of sp³-hybridized carbons (Fsp3) is 0.143. The van der Waals surface area contributed by atoms with Gasteiger partial charge in [-0.1, -0.05) is 78.4 Å². The molecule has 0 saturated heterocycles. The largest absolute Gasteiger partial charge is 0.449 e. The van der Waals surface area contributed by atoms with Crippen LogP contribution in [0.4, 0.5) is 4.79 Å². The van der Waals surface area contributed by atoms with Crippen LogP contribution < -0.4 is 5.32 Å². The van der Waals surface area contributed by atoms with Gasteiger partial charge in [-0.05, 0) is 52.4 Å². The first-order valence-corrected chi connectivity index (χ1v) is 11.4. The molecule has 4 aromatic rings. The third-order valence-electron chi connectivity index (χ3n) is 5.96. The van der Waals surface area contributed by atoms with Crippen LogP contribution in [0.1, 0.15) is 29.0 Å². The van der Waals surface area contributed by atoms with E-state index >= 15 is 0 Å². The maximum absolute atomic E-state index is 12.3. The average molecular weight is 455 g/mol. The van der Waals surface area contributed by atoms with Gasteiger partial charge in [0.15, 0.2) is 0 Å². The molecule has 1 aliphatic carbocycles. The lowest BCUT2D eigenvalue weighted by molar-refractivity contribution is 0.143. The summed E-state index contributed by atoms with van der Waals surface area (Å²) in [5.41, 5.74) is 6.79. The summed E-state index contributed by atoms with van der Waals surface area (Å²) >= 11 is 6.05. The molecule has 0 bridgehead atoms. The van der Waals surface area contributed by atoms with Crippen LogP contribution in [0, 0.1) is 0 Å². The quantitative estimate of drug-likeness (QED) is 0.325. The molecule has 0 unspecified atom stereocenters. The Hall–Kier alpha value is -3.63. The fourth-order valence-corrected chi connectivity index (χ4v) is 4.57. The highest BCUT2D eigenvalue weighted by atomic mass is 35.5. The predicted molar refractivity (Wildman–Crippen MR) is 133 cm³/mol. The summed E-state index contributed by atoms with van der Waals surface area (Å²) in [5, 5.41) is 4.56. The molecular formula is C28H23ClN2O2. The van der Waals surface area contributed by atoms with Gasteiger partial charge in [0.2, 0.25) is 0 Å². The maximum atomic E-state index is 12.3. The third kappa shape index (κ3) is 4.48. The van der Waals surface area contributed by atoms with Gasteiger partial charge in [-0.15, -0.1) is 0 Å². The van der Waals surface area contributed by atoms with Crippen LogP contribution >= 0.6 is 11.6 Å². The molecule has 1 amide bonds. The number of nitrogens with one attached hydrogen (secondary N) is 1. The topological polar surface area (TPSA) is 51.2 Å². The van der Waals surface area contributed by atoms with Crippen molar-refractivity contribution in [1.82, 2.24) is 10.3 Å². The monoisotopic (exact) mass is 454 g/mol. The number of carbonyl (C=O) groups is 1. The first kappa shape index (κ1) is 21.2. The molecule has 3 aromatic carbocycles. The number of aromatic nitrogens is 1. The molecule has 1 N–H and O–H groups in total. The Kier molecular flexibility index (Phi) is 6.09. The first-order valence-electron chi connectivity index (χ1n) is 11.0. The number of benzene rings is 3. The number of nitrogens with zero attached hydrogens (tertiary/aromatic N) is 1. The molecule has 0 radical (unpaired) electrons. The smallest absolute Gasteiger partial charge is 0.407 e. The van der Waals surface area contributed by atoms with E-state index in [2.05, 4.69) is 34.6 Å². The zero-order valence-electron chi connectivity index (χ0n) is 18.0. The lowest BCUT2D eigenvalue weighted by Crippen LogP contribution is -2.26. The van der Waals surface area contributed by atoms with Gasteiger partial charge in [0.25, 0.3) is 0 Å². The minimum atomic E-state index is -0.394. The van der Waals surface area contributed by atoms with E-state index in [0.717, 1.165) is 16.5 Å². The summed E-state index contributed by atoms with van der Waals surface area (Å²) < 4.78 is 5.58. The van der Waals surface area contributed by atoms with Crippen LogP contribution in [-0.4, -0.2) is 24.2 Å². The van der Waals surface area contributed by atoms with Crippen molar-refractivity contribution in [3.8, 4) is 11.1 Å². The zero-order chi connectivity index (χ0) is 22.6. The van der Waals surface area contributed by atoms with E-state index in [1.54, 1.807) is 6.20 Å². The van der Waals surface area contributed by atoms with Crippen molar-refractivity contribution in [2.75, 3.05) is 13.2 Å². The van der Waals surface area contributed by atoms with E-state index in [-0.39, 0.29) is 5.92 Å². The molecule has 0 saturated carbocycles. The Bertz CT molecular complexity index is 1300. The van der Waals surface area contributed by atoms with Gasteiger partial charge in [-0.25, -0.2) is 4.79 Å². The van der Waals surface area contributed by atoms with Crippen molar-refractivity contribution in [1.29, 1.82) is 0 Å². The maximum Gasteiger partial charge on any atom is 0.407 e. The molecule has 1 aromatic heterocycles. The van der Waals surface area contributed by atoms with Crippen LogP contribution in [-0.2, 0) is 4.74 Å². The summed E-state index contributed by atoms with van der Waals surface area (Å²) in [5.74, 6) is 0.0662. The minimum absolute atomic E-state index is 0.0662. The molecular weight excluding hydrogens is 432 g/mol. The molecule has 4 nitrogen and oxygen atoms in total. The lowest BCUT2D eigenvalue weighted by Gasteiger charge is -2.14. The number of ether oxygens (including phenoxy) is 1. The summed E-state index contributed by atoms with van der Waals surface area (Å²) in [6, 6.07) is 24.3. The van der Waals surface area contributed by atoms with Crippen molar-refractivity contribution in [3.63, 3.8) is 0 Å². The van der Waals surface area contributed by atoms with Crippen LogP contribution in [0.3, 0.4) is 0 Å². The highest BCUT2D eigenvalue weighted by Crippen LogP contribution is 2.44. The predicted octanol–water partition coefficient (Wildman–Crippen LogP) is 6.83. The first-order chi connectivity index (χ1) is 16.2. The van der Waals surface area contributed by atoms with E-state index < -0.39 is 6.09 Å². The number of pyridine rings is 1. The zero-order valence-corrected chi connectivity index (χ0v) is 18.8. The lowest BCUT2D eigenvalue weighted by atomic mass is 9.98. The van der Waals surface area contributed by atoms with Gasteiger partial charge < -0.3 is 10.1 Å². The van der Waals surface area contributed by atoms with Crippen molar-refractivity contribution < 1.29 is 9.53 Å². The van der Waals surface area contributed by atoms with E-state index in [1.165, 1.54) is 22.3 Å². The van der Waals surface area contributed by atoms with E-state index in [1.807, 2.05) is 60.7 Å². The van der Waals surface area contributed by atoms with Gasteiger partial charge in [-0.3, -0.25) is 4.98 Å². The standard InChI is InChI=1S/C28H23ClN2O2/c29-20-12-13-21-19(14-16-30-27(21)17-20)7-5-6-15-31-28(32)33-18-26-24-10-3-1-8-22(24)23-9-2-4-11-25(23)26/h1-5,7-14,16-17,26H,6,15,18H2,(H,31,32). The van der Waals surface area contributed by atoms with Crippen LogP contribution in [0.15, 0.2) is 85.1 Å². The van der Waals surface area contributed by atoms with E-state index in [0.29, 0.717) is 24.6 Å². The van der Waals surface area contributed by atoms with E-state index in [9.17, 15) is 4.79 Å². The Balaban J connectivity index is 1.14. The molecule has 164 valence electrons. The van der Waals surface area contributed by atoms with Crippen molar-refractivity contribution in [2.45, 2.75) is 12.3 Å². The van der Waals surface area contributed by atoms with Gasteiger partial charge in [0, 0.05) is 29.1 Å². The molecule has 33 heavy (non-hydrogen) atoms. The third-order valence-corrected chi connectivity index (χ3v) is 6.20. The van der Waals surface area contributed by atoms with Crippen molar-refractivity contribution >= 4 is 34.7 Å². The number of carbonyl (C=O) groups excluding carboxylic acids is 1. The number of halogens is 1. The number of rotatable bonds is 6. The molecule has 0 fully saturated rings. The molecule has 1 aliphatic rings. The van der Waals surface area contributed by atoms with Crippen LogP contribution in [0.5, 0.6) is 0 Å². The summed E-state index contributed by atoms with van der Waals surface area (Å²) in [7, 11) is 0. The second kappa shape index (κ2) is 9.47. The minimum Gasteiger partial charge on any atom is -0.449 e. The molecule has 5 rings (SSSR count). The number of alkyl carbamates (subject to hydrolysis) is 1. The Morgan fingerprint density at radius 2 is 1.73 bits per heavy atom. The Morgan fingerprint density at radius 1 is 1.00 bits per heavy atom. The SMILES string of the molecule is O=C(NCCC=Cc1ccnc2cc(Cl)ccc12)OCC1c2ccccc2-c2ccccc21. The van der Waals surface area contributed by atoms with E-state index in [4.69, 9.17) is 16.3 Å². The second-order valence-electron chi connectivity index (χ2n) is 8.01. The van der Waals surface area contributed by atoms with Crippen LogP contribution in [0.2, 0.25) is 5.02 Å². The highest BCUT2D eigenvalue weighted by Gasteiger charge is 2.28. The number of fused-ring (bicyclic) bond motifs is 4. The summed E-state index contributed by atoms with van der Waals surface area (Å²) in [4.78, 5) is 16.6. The number of hydrogen-bond acceptors (Lipinski definition) is 3. The number of hydrogen-bond donors (Lipinski definition) is 1. The molecule has 0 atom stereocenters. The van der Waals surface area contributed by atoms with Gasteiger partial charge in [-0.2, -0.15) is 0 Å². The Morgan fingerprint density at radius 3 is 2.48 bits per heavy atom. The molecule has 5 heteroatoms. The molecule has 0 aliphatic heterocycles.